The highest BCUT2D eigenvalue weighted by Gasteiger charge is 2.20. The highest BCUT2D eigenvalue weighted by Crippen LogP contribution is 2.23. The second-order valence-electron chi connectivity index (χ2n) is 4.67. The predicted octanol–water partition coefficient (Wildman–Crippen LogP) is 2.34. The minimum Gasteiger partial charge on any atom is -0.376 e. The van der Waals surface area contributed by atoms with Crippen molar-refractivity contribution in [2.24, 2.45) is 0 Å². The van der Waals surface area contributed by atoms with Crippen LogP contribution in [0.4, 0.5) is 14.5 Å². The summed E-state index contributed by atoms with van der Waals surface area (Å²) in [5.41, 5.74) is -0.134. The van der Waals surface area contributed by atoms with E-state index in [9.17, 15) is 8.78 Å². The molecule has 1 aromatic rings. The van der Waals surface area contributed by atoms with Crippen LogP contribution in [-0.4, -0.2) is 31.1 Å². The fraction of sp³-hybridized carbons (Fsp3) is 0.462. The second-order valence-corrected chi connectivity index (χ2v) is 4.67. The summed E-state index contributed by atoms with van der Waals surface area (Å²) in [6, 6.07) is 3.88. The van der Waals surface area contributed by atoms with Crippen LogP contribution in [0.1, 0.15) is 18.4 Å². The Bertz CT molecular complexity index is 459. The Kier molecular flexibility index (Phi) is 3.78. The second kappa shape index (κ2) is 5.32. The molecule has 1 aromatic carbocycles. The number of likely N-dealkylation sites (tertiary alicyclic amines) is 1. The van der Waals surface area contributed by atoms with Gasteiger partial charge < -0.3 is 10.2 Å². The van der Waals surface area contributed by atoms with Gasteiger partial charge in [0.15, 0.2) is 11.6 Å². The molecule has 0 bridgehead atoms. The van der Waals surface area contributed by atoms with Crippen LogP contribution in [0.15, 0.2) is 12.1 Å². The van der Waals surface area contributed by atoms with Crippen LogP contribution < -0.4 is 5.32 Å². The van der Waals surface area contributed by atoms with Crippen molar-refractivity contribution in [3.8, 4) is 6.07 Å². The van der Waals surface area contributed by atoms with E-state index >= 15 is 0 Å². The number of anilines is 1. The molecule has 0 aromatic heterocycles. The lowest BCUT2D eigenvalue weighted by atomic mass is 10.1. The Morgan fingerprint density at radius 3 is 2.61 bits per heavy atom. The van der Waals surface area contributed by atoms with Crippen molar-refractivity contribution in [1.82, 2.24) is 4.90 Å². The van der Waals surface area contributed by atoms with Gasteiger partial charge in [-0.15, -0.1) is 0 Å². The Morgan fingerprint density at radius 1 is 1.39 bits per heavy atom. The van der Waals surface area contributed by atoms with Crippen LogP contribution in [0, 0.1) is 23.0 Å². The standard InChI is InChI=1S/C13H15F2N3/c1-18-4-2-3-10(8-18)17-13-11(14)5-9(7-16)6-12(13)15/h5-6,10,17H,2-4,8H2,1H3. The molecule has 1 aliphatic heterocycles. The summed E-state index contributed by atoms with van der Waals surface area (Å²) in [5.74, 6) is -1.42. The van der Waals surface area contributed by atoms with Crippen molar-refractivity contribution in [3.05, 3.63) is 29.3 Å². The van der Waals surface area contributed by atoms with E-state index in [1.54, 1.807) is 6.07 Å². The molecule has 1 heterocycles. The lowest BCUT2D eigenvalue weighted by Gasteiger charge is -2.31. The van der Waals surface area contributed by atoms with Crippen molar-refractivity contribution in [2.75, 3.05) is 25.5 Å². The summed E-state index contributed by atoms with van der Waals surface area (Å²) in [4.78, 5) is 2.13. The van der Waals surface area contributed by atoms with Crippen LogP contribution >= 0.6 is 0 Å². The van der Waals surface area contributed by atoms with E-state index < -0.39 is 11.6 Å². The van der Waals surface area contributed by atoms with Gasteiger partial charge in [0.2, 0.25) is 0 Å². The maximum Gasteiger partial charge on any atom is 0.150 e. The maximum atomic E-state index is 13.7. The molecular formula is C13H15F2N3. The molecule has 18 heavy (non-hydrogen) atoms. The van der Waals surface area contributed by atoms with Crippen molar-refractivity contribution in [1.29, 1.82) is 5.26 Å². The summed E-state index contributed by atoms with van der Waals surface area (Å²) in [7, 11) is 1.99. The summed E-state index contributed by atoms with van der Waals surface area (Å²) in [6.07, 6.45) is 1.90. The first kappa shape index (κ1) is 12.8. The number of likely N-dealkylation sites (N-methyl/N-ethyl adjacent to an activating group) is 1. The Hall–Kier alpha value is -1.67. The van der Waals surface area contributed by atoms with Gasteiger partial charge in [0, 0.05) is 12.6 Å². The van der Waals surface area contributed by atoms with Gasteiger partial charge in [-0.25, -0.2) is 8.78 Å². The zero-order chi connectivity index (χ0) is 13.1. The molecule has 0 aliphatic carbocycles. The van der Waals surface area contributed by atoms with E-state index in [4.69, 9.17) is 5.26 Å². The van der Waals surface area contributed by atoms with E-state index in [0.29, 0.717) is 0 Å². The summed E-state index contributed by atoms with van der Waals surface area (Å²) in [5, 5.41) is 11.5. The fourth-order valence-corrected chi connectivity index (χ4v) is 2.26. The third-order valence-corrected chi connectivity index (χ3v) is 3.14. The van der Waals surface area contributed by atoms with Gasteiger partial charge in [-0.2, -0.15) is 5.26 Å². The van der Waals surface area contributed by atoms with E-state index in [1.807, 2.05) is 7.05 Å². The SMILES string of the molecule is CN1CCCC(Nc2c(F)cc(C#N)cc2F)C1. The normalized spacial score (nSPS) is 20.4. The summed E-state index contributed by atoms with van der Waals surface area (Å²) < 4.78 is 27.4. The van der Waals surface area contributed by atoms with Crippen molar-refractivity contribution >= 4 is 5.69 Å². The molecule has 1 saturated heterocycles. The number of hydrogen-bond acceptors (Lipinski definition) is 3. The van der Waals surface area contributed by atoms with Crippen LogP contribution in [0.25, 0.3) is 0 Å². The van der Waals surface area contributed by atoms with Gasteiger partial charge >= 0.3 is 0 Å². The number of nitrogens with one attached hydrogen (secondary N) is 1. The number of nitrogens with zero attached hydrogens (tertiary/aromatic N) is 2. The Morgan fingerprint density at radius 2 is 2.06 bits per heavy atom. The molecule has 3 nitrogen and oxygen atoms in total. The number of nitriles is 1. The average Bonchev–Trinajstić information content (AvgIpc) is 2.33. The van der Waals surface area contributed by atoms with E-state index in [0.717, 1.165) is 38.1 Å². The average molecular weight is 251 g/mol. The Labute approximate surface area is 105 Å². The molecule has 1 fully saturated rings. The summed E-state index contributed by atoms with van der Waals surface area (Å²) >= 11 is 0. The van der Waals surface area contributed by atoms with Crippen LogP contribution in [-0.2, 0) is 0 Å². The molecule has 96 valence electrons. The fourth-order valence-electron chi connectivity index (χ4n) is 2.26. The molecule has 1 atom stereocenters. The molecule has 0 saturated carbocycles. The molecule has 0 spiro atoms. The van der Waals surface area contributed by atoms with Gasteiger partial charge in [0.05, 0.1) is 11.6 Å². The molecule has 1 aliphatic rings. The molecule has 1 N–H and O–H groups in total. The molecular weight excluding hydrogens is 236 g/mol. The largest absolute Gasteiger partial charge is 0.376 e. The van der Waals surface area contributed by atoms with Gasteiger partial charge in [-0.05, 0) is 38.6 Å². The lowest BCUT2D eigenvalue weighted by Crippen LogP contribution is -2.40. The molecule has 1 unspecified atom stereocenters. The highest BCUT2D eigenvalue weighted by atomic mass is 19.1. The Balaban J connectivity index is 2.16. The van der Waals surface area contributed by atoms with Crippen LogP contribution in [0.3, 0.4) is 0 Å². The van der Waals surface area contributed by atoms with Gasteiger partial charge in [-0.3, -0.25) is 0 Å². The quantitative estimate of drug-likeness (QED) is 0.877. The monoisotopic (exact) mass is 251 g/mol. The van der Waals surface area contributed by atoms with Crippen molar-refractivity contribution < 1.29 is 8.78 Å². The number of halogens is 2. The number of benzene rings is 1. The van der Waals surface area contributed by atoms with E-state index in [-0.39, 0.29) is 17.3 Å². The first-order valence-corrected chi connectivity index (χ1v) is 5.94. The molecule has 0 amide bonds. The summed E-state index contributed by atoms with van der Waals surface area (Å²) in [6.45, 7) is 1.77. The predicted molar refractivity (Wildman–Crippen MR) is 65.2 cm³/mol. The number of piperidine rings is 1. The maximum absolute atomic E-state index is 13.7. The smallest absolute Gasteiger partial charge is 0.150 e. The topological polar surface area (TPSA) is 39.1 Å². The molecule has 0 radical (unpaired) electrons. The van der Waals surface area contributed by atoms with Gasteiger partial charge in [0.1, 0.15) is 5.69 Å². The van der Waals surface area contributed by atoms with Crippen molar-refractivity contribution in [2.45, 2.75) is 18.9 Å². The molecule has 5 heteroatoms. The van der Waals surface area contributed by atoms with Crippen molar-refractivity contribution in [3.63, 3.8) is 0 Å². The zero-order valence-electron chi connectivity index (χ0n) is 10.2. The highest BCUT2D eigenvalue weighted by molar-refractivity contribution is 5.51. The first-order valence-electron chi connectivity index (χ1n) is 5.94. The lowest BCUT2D eigenvalue weighted by molar-refractivity contribution is 0.260. The van der Waals surface area contributed by atoms with E-state index in [2.05, 4.69) is 10.2 Å². The minimum absolute atomic E-state index is 0.00341. The van der Waals surface area contributed by atoms with Gasteiger partial charge in [0.25, 0.3) is 0 Å². The first-order chi connectivity index (χ1) is 8.60. The van der Waals surface area contributed by atoms with E-state index in [1.165, 1.54) is 0 Å². The van der Waals surface area contributed by atoms with Crippen LogP contribution in [0.5, 0.6) is 0 Å². The minimum atomic E-state index is -0.709. The van der Waals surface area contributed by atoms with Crippen LogP contribution in [0.2, 0.25) is 0 Å². The zero-order valence-corrected chi connectivity index (χ0v) is 10.2. The van der Waals surface area contributed by atoms with Gasteiger partial charge in [-0.1, -0.05) is 0 Å². The third-order valence-electron chi connectivity index (χ3n) is 3.14. The number of hydrogen-bond donors (Lipinski definition) is 1. The molecule has 2 rings (SSSR count). The number of rotatable bonds is 2. The third kappa shape index (κ3) is 2.77.